The number of hydrogen-bond donors (Lipinski definition) is 1. The quantitative estimate of drug-likeness (QED) is 0.847. The number of fused-ring (bicyclic) bond motifs is 1. The van der Waals surface area contributed by atoms with Gasteiger partial charge in [-0.15, -0.1) is 10.5 Å². The van der Waals surface area contributed by atoms with E-state index in [0.717, 1.165) is 16.0 Å². The minimum atomic E-state index is -0.675. The van der Waals surface area contributed by atoms with E-state index in [9.17, 15) is 5.11 Å². The Bertz CT molecular complexity index is 797. The summed E-state index contributed by atoms with van der Waals surface area (Å²) in [6, 6.07) is 17.3. The zero-order chi connectivity index (χ0) is 15.0. The highest BCUT2D eigenvalue weighted by molar-refractivity contribution is 8.18. The summed E-state index contributed by atoms with van der Waals surface area (Å²) in [6.07, 6.45) is -0.675. The summed E-state index contributed by atoms with van der Waals surface area (Å²) in [7, 11) is -0.339. The summed E-state index contributed by atoms with van der Waals surface area (Å²) in [4.78, 5) is 2.17. The molecule has 2 unspecified atom stereocenters. The van der Waals surface area contributed by atoms with Gasteiger partial charge in [0.25, 0.3) is 0 Å². The van der Waals surface area contributed by atoms with Gasteiger partial charge in [-0.25, -0.2) is 0 Å². The third-order valence-electron chi connectivity index (χ3n) is 3.80. The minimum Gasteiger partial charge on any atom is -0.383 e. The Kier molecular flexibility index (Phi) is 3.50. The maximum absolute atomic E-state index is 10.7. The molecule has 3 rings (SSSR count). The smallest absolute Gasteiger partial charge is 0.110 e. The molecule has 0 saturated carbocycles. The Balaban J connectivity index is 2.03. The van der Waals surface area contributed by atoms with Crippen LogP contribution in [0.1, 0.15) is 29.7 Å². The molecule has 0 spiro atoms. The van der Waals surface area contributed by atoms with E-state index in [1.54, 1.807) is 12.1 Å². The Hall–Kier alpha value is -2.15. The molecule has 21 heavy (non-hydrogen) atoms. The van der Waals surface area contributed by atoms with Crippen LogP contribution in [-0.4, -0.2) is 11.0 Å². The van der Waals surface area contributed by atoms with E-state index in [0.29, 0.717) is 5.56 Å². The second-order valence-corrected chi connectivity index (χ2v) is 6.67. The third-order valence-corrected chi connectivity index (χ3v) is 5.74. The van der Waals surface area contributed by atoms with Gasteiger partial charge in [0.15, 0.2) is 0 Å². The molecule has 1 N–H and O–H groups in total. The normalized spacial score (nSPS) is 18.2. The van der Waals surface area contributed by atoms with Crippen molar-refractivity contribution < 1.29 is 5.11 Å². The molecule has 0 aliphatic carbocycles. The molecule has 0 aromatic heterocycles. The summed E-state index contributed by atoms with van der Waals surface area (Å²) in [5, 5.41) is 19.6. The number of hydrogen-bond acceptors (Lipinski definition) is 2. The lowest BCUT2D eigenvalue weighted by Crippen LogP contribution is -2.00. The first-order valence-corrected chi connectivity index (χ1v) is 8.05. The molecule has 0 bridgehead atoms. The monoisotopic (exact) mass is 293 g/mol. The minimum absolute atomic E-state index is 0.339. The second kappa shape index (κ2) is 5.33. The Morgan fingerprint density at radius 1 is 1.14 bits per heavy atom. The number of aliphatic hydroxyl groups is 1. The van der Waals surface area contributed by atoms with E-state index in [4.69, 9.17) is 5.26 Å². The van der Waals surface area contributed by atoms with Gasteiger partial charge in [-0.05, 0) is 41.8 Å². The van der Waals surface area contributed by atoms with E-state index in [2.05, 4.69) is 24.1 Å². The van der Waals surface area contributed by atoms with Crippen molar-refractivity contribution in [2.75, 3.05) is 0 Å². The molecule has 1 aliphatic heterocycles. The molecule has 2 nitrogen and oxygen atoms in total. The first-order chi connectivity index (χ1) is 10.1. The first-order valence-electron chi connectivity index (χ1n) is 6.65. The van der Waals surface area contributed by atoms with Crippen molar-refractivity contribution >= 4 is 21.9 Å². The molecule has 3 heteroatoms. The average molecular weight is 293 g/mol. The van der Waals surface area contributed by atoms with Gasteiger partial charge >= 0.3 is 0 Å². The Labute approximate surface area is 126 Å². The number of benzene rings is 2. The molecule has 0 radical (unpaired) electrons. The Morgan fingerprint density at radius 2 is 1.81 bits per heavy atom. The summed E-state index contributed by atoms with van der Waals surface area (Å²) < 4.78 is 0. The summed E-state index contributed by atoms with van der Waals surface area (Å²) in [5.41, 5.74) is 3.69. The van der Waals surface area contributed by atoms with E-state index in [1.165, 1.54) is 10.5 Å². The molecule has 0 fully saturated rings. The van der Waals surface area contributed by atoms with Crippen molar-refractivity contribution in [3.8, 4) is 6.07 Å². The van der Waals surface area contributed by atoms with Crippen molar-refractivity contribution in [1.29, 1.82) is 5.26 Å². The van der Waals surface area contributed by atoms with E-state index < -0.39 is 6.10 Å². The summed E-state index contributed by atoms with van der Waals surface area (Å²) in [6.45, 7) is 2.04. The highest BCUT2D eigenvalue weighted by Crippen LogP contribution is 2.52. The van der Waals surface area contributed by atoms with Gasteiger partial charge in [0.2, 0.25) is 0 Å². The largest absolute Gasteiger partial charge is 0.383 e. The fourth-order valence-electron chi connectivity index (χ4n) is 2.66. The fraction of sp³-hybridized carbons (Fsp3) is 0.111. The van der Waals surface area contributed by atoms with Gasteiger partial charge in [-0.2, -0.15) is 5.26 Å². The van der Waals surface area contributed by atoms with Crippen molar-refractivity contribution in [3.63, 3.8) is 0 Å². The fourth-order valence-corrected chi connectivity index (χ4v) is 4.51. The third kappa shape index (κ3) is 2.23. The van der Waals surface area contributed by atoms with Gasteiger partial charge in [0.1, 0.15) is 6.10 Å². The summed E-state index contributed by atoms with van der Waals surface area (Å²) in [5.74, 6) is 4.25. The predicted octanol–water partition coefficient (Wildman–Crippen LogP) is 4.10. The van der Waals surface area contributed by atoms with E-state index >= 15 is 0 Å². The molecule has 2 aromatic carbocycles. The molecule has 104 valence electrons. The zero-order valence-corrected chi connectivity index (χ0v) is 12.5. The average Bonchev–Trinajstić information content (AvgIpc) is 2.79. The van der Waals surface area contributed by atoms with E-state index in [1.807, 2.05) is 31.2 Å². The van der Waals surface area contributed by atoms with Crippen LogP contribution in [0, 0.1) is 11.3 Å². The summed E-state index contributed by atoms with van der Waals surface area (Å²) >= 11 is 0. The van der Waals surface area contributed by atoms with Crippen LogP contribution in [-0.2, 0) is 0 Å². The molecular weight excluding hydrogens is 278 g/mol. The zero-order valence-electron chi connectivity index (χ0n) is 11.7. The lowest BCUT2D eigenvalue weighted by Gasteiger charge is -2.16. The Morgan fingerprint density at radius 3 is 2.43 bits per heavy atom. The predicted molar refractivity (Wildman–Crippen MR) is 88.1 cm³/mol. The van der Waals surface area contributed by atoms with Crippen LogP contribution in [0.25, 0.3) is 5.57 Å². The molecule has 0 amide bonds. The SMILES string of the molecule is C=S1C(C(O)c2ccc(C#N)cc2)=C(C)c2ccccc21. The van der Waals surface area contributed by atoms with Crippen LogP contribution in [0.3, 0.4) is 0 Å². The number of nitriles is 1. The maximum atomic E-state index is 10.7. The number of nitrogens with zero attached hydrogens (tertiary/aromatic N) is 1. The van der Waals surface area contributed by atoms with Crippen LogP contribution < -0.4 is 0 Å². The van der Waals surface area contributed by atoms with Gasteiger partial charge in [0.05, 0.1) is 11.6 Å². The van der Waals surface area contributed by atoms with Crippen LogP contribution in [0.5, 0.6) is 0 Å². The standard InChI is InChI=1S/C18H15NOS/c1-12-15-5-3-4-6-16(15)21(2)18(12)17(20)14-9-7-13(11-19)8-10-14/h3-10,17,20H,2H2,1H3. The maximum Gasteiger partial charge on any atom is 0.110 e. The number of allylic oxidation sites excluding steroid dienone is 1. The van der Waals surface area contributed by atoms with Gasteiger partial charge in [-0.1, -0.05) is 36.2 Å². The topological polar surface area (TPSA) is 44.0 Å². The van der Waals surface area contributed by atoms with Crippen LogP contribution in [0.4, 0.5) is 0 Å². The number of aliphatic hydroxyl groups excluding tert-OH is 1. The molecule has 1 heterocycles. The number of rotatable bonds is 2. The van der Waals surface area contributed by atoms with Gasteiger partial charge in [-0.3, -0.25) is 0 Å². The lowest BCUT2D eigenvalue weighted by molar-refractivity contribution is 0.225. The van der Waals surface area contributed by atoms with E-state index in [-0.39, 0.29) is 10.5 Å². The van der Waals surface area contributed by atoms with Gasteiger partial charge < -0.3 is 5.11 Å². The van der Waals surface area contributed by atoms with Crippen LogP contribution in [0.2, 0.25) is 0 Å². The highest BCUT2D eigenvalue weighted by atomic mass is 32.2. The molecule has 1 aliphatic rings. The second-order valence-electron chi connectivity index (χ2n) is 5.01. The molecular formula is C18H15NOS. The van der Waals surface area contributed by atoms with Crippen molar-refractivity contribution in [1.82, 2.24) is 0 Å². The van der Waals surface area contributed by atoms with Crippen molar-refractivity contribution in [3.05, 3.63) is 70.1 Å². The highest BCUT2D eigenvalue weighted by Gasteiger charge is 2.27. The van der Waals surface area contributed by atoms with Crippen molar-refractivity contribution in [2.24, 2.45) is 0 Å². The molecule has 0 saturated heterocycles. The van der Waals surface area contributed by atoms with Crippen LogP contribution >= 0.6 is 10.5 Å². The van der Waals surface area contributed by atoms with Gasteiger partial charge in [0, 0.05) is 9.80 Å². The molecule has 2 atom stereocenters. The molecule has 2 aromatic rings. The van der Waals surface area contributed by atoms with Crippen molar-refractivity contribution in [2.45, 2.75) is 17.9 Å². The van der Waals surface area contributed by atoms with Crippen LogP contribution in [0.15, 0.2) is 58.3 Å². The lowest BCUT2D eigenvalue weighted by atomic mass is 10.0. The first kappa shape index (κ1) is 13.8.